The van der Waals surface area contributed by atoms with E-state index in [1.54, 1.807) is 7.11 Å². The summed E-state index contributed by atoms with van der Waals surface area (Å²) in [6, 6.07) is 0. The van der Waals surface area contributed by atoms with E-state index in [1.165, 1.54) is 11.8 Å². The zero-order valence-electron chi connectivity index (χ0n) is 8.66. The molecule has 0 rings (SSSR count). The van der Waals surface area contributed by atoms with Gasteiger partial charge in [0.2, 0.25) is 5.91 Å². The SMILES string of the molecule is COCC(SCC(C)CN)C(=O)NN. The highest BCUT2D eigenvalue weighted by Gasteiger charge is 2.18. The lowest BCUT2D eigenvalue weighted by molar-refractivity contribution is -0.121. The van der Waals surface area contributed by atoms with E-state index < -0.39 is 0 Å². The molecule has 0 aromatic carbocycles. The molecule has 0 saturated heterocycles. The molecular weight excluding hydrogens is 202 g/mol. The Hall–Kier alpha value is -0.300. The average Bonchev–Trinajstić information content (AvgIpc) is 2.22. The van der Waals surface area contributed by atoms with Crippen LogP contribution in [0, 0.1) is 5.92 Å². The van der Waals surface area contributed by atoms with E-state index in [0.29, 0.717) is 19.1 Å². The molecule has 0 aliphatic rings. The van der Waals surface area contributed by atoms with Crippen molar-refractivity contribution in [2.75, 3.05) is 26.0 Å². The molecule has 6 heteroatoms. The summed E-state index contributed by atoms with van der Waals surface area (Å²) in [5.74, 6) is 6.07. The quantitative estimate of drug-likeness (QED) is 0.301. The van der Waals surface area contributed by atoms with E-state index >= 15 is 0 Å². The minimum atomic E-state index is -0.251. The number of thioether (sulfide) groups is 1. The molecule has 0 heterocycles. The van der Waals surface area contributed by atoms with Gasteiger partial charge in [0.1, 0.15) is 5.25 Å². The second kappa shape index (κ2) is 8.05. The largest absolute Gasteiger partial charge is 0.383 e. The molecule has 1 amide bonds. The third-order valence-electron chi connectivity index (χ3n) is 1.74. The van der Waals surface area contributed by atoms with Crippen LogP contribution in [0.3, 0.4) is 0 Å². The molecule has 0 saturated carbocycles. The Morgan fingerprint density at radius 3 is 2.71 bits per heavy atom. The second-order valence-corrected chi connectivity index (χ2v) is 4.36. The molecule has 0 aromatic heterocycles. The number of hydrazine groups is 1. The maximum atomic E-state index is 11.2. The third-order valence-corrected chi connectivity index (χ3v) is 3.25. The van der Waals surface area contributed by atoms with Crippen molar-refractivity contribution in [3.63, 3.8) is 0 Å². The van der Waals surface area contributed by atoms with E-state index in [2.05, 4.69) is 5.43 Å². The van der Waals surface area contributed by atoms with Crippen LogP contribution in [0.2, 0.25) is 0 Å². The number of ether oxygens (including phenoxy) is 1. The molecule has 0 radical (unpaired) electrons. The van der Waals surface area contributed by atoms with Gasteiger partial charge in [-0.25, -0.2) is 5.84 Å². The summed E-state index contributed by atoms with van der Waals surface area (Å²) in [7, 11) is 1.56. The first kappa shape index (κ1) is 13.7. The van der Waals surface area contributed by atoms with E-state index in [-0.39, 0.29) is 11.2 Å². The number of amides is 1. The molecule has 0 bridgehead atoms. The summed E-state index contributed by atoms with van der Waals surface area (Å²) in [5, 5.41) is -0.251. The fourth-order valence-electron chi connectivity index (χ4n) is 0.792. The molecule has 0 aromatic rings. The monoisotopic (exact) mass is 221 g/mol. The van der Waals surface area contributed by atoms with Gasteiger partial charge in [0.15, 0.2) is 0 Å². The molecule has 0 aliphatic heterocycles. The molecule has 2 atom stereocenters. The molecule has 2 unspecified atom stereocenters. The van der Waals surface area contributed by atoms with Crippen LogP contribution in [-0.4, -0.2) is 37.2 Å². The Morgan fingerprint density at radius 1 is 1.64 bits per heavy atom. The first-order valence-electron chi connectivity index (χ1n) is 4.46. The lowest BCUT2D eigenvalue weighted by Gasteiger charge is -2.15. The van der Waals surface area contributed by atoms with Gasteiger partial charge in [-0.05, 0) is 18.2 Å². The Balaban J connectivity index is 3.90. The fourth-order valence-corrected chi connectivity index (χ4v) is 1.94. The van der Waals surface area contributed by atoms with Crippen molar-refractivity contribution < 1.29 is 9.53 Å². The van der Waals surface area contributed by atoms with Crippen molar-refractivity contribution in [3.05, 3.63) is 0 Å². The number of nitrogens with one attached hydrogen (secondary N) is 1. The lowest BCUT2D eigenvalue weighted by atomic mass is 10.2. The molecular formula is C8H19N3O2S. The lowest BCUT2D eigenvalue weighted by Crippen LogP contribution is -2.40. The summed E-state index contributed by atoms with van der Waals surface area (Å²) >= 11 is 1.51. The number of hydrogen-bond donors (Lipinski definition) is 3. The van der Waals surface area contributed by atoms with Crippen molar-refractivity contribution in [3.8, 4) is 0 Å². The number of carbonyl (C=O) groups excluding carboxylic acids is 1. The summed E-state index contributed by atoms with van der Waals surface area (Å²) in [6.07, 6.45) is 0. The third kappa shape index (κ3) is 5.43. The Kier molecular flexibility index (Phi) is 7.87. The van der Waals surface area contributed by atoms with Crippen LogP contribution in [0.15, 0.2) is 0 Å². The Morgan fingerprint density at radius 2 is 2.29 bits per heavy atom. The highest BCUT2D eigenvalue weighted by molar-refractivity contribution is 8.00. The Bertz CT molecular complexity index is 169. The van der Waals surface area contributed by atoms with Crippen molar-refractivity contribution >= 4 is 17.7 Å². The van der Waals surface area contributed by atoms with E-state index in [4.69, 9.17) is 16.3 Å². The summed E-state index contributed by atoms with van der Waals surface area (Å²) < 4.78 is 4.92. The fraction of sp³-hybridized carbons (Fsp3) is 0.875. The highest BCUT2D eigenvalue weighted by atomic mass is 32.2. The van der Waals surface area contributed by atoms with Crippen LogP contribution in [0.25, 0.3) is 0 Å². The highest BCUT2D eigenvalue weighted by Crippen LogP contribution is 2.15. The molecule has 0 aliphatic carbocycles. The normalized spacial score (nSPS) is 14.9. The van der Waals surface area contributed by atoms with Gasteiger partial charge in [0.25, 0.3) is 0 Å². The predicted molar refractivity (Wildman–Crippen MR) is 58.7 cm³/mol. The minimum absolute atomic E-state index is 0.207. The summed E-state index contributed by atoms with van der Waals surface area (Å²) in [4.78, 5) is 11.2. The van der Waals surface area contributed by atoms with E-state index in [9.17, 15) is 4.79 Å². The number of nitrogens with two attached hydrogens (primary N) is 2. The molecule has 84 valence electrons. The smallest absolute Gasteiger partial charge is 0.249 e. The number of methoxy groups -OCH3 is 1. The first-order valence-corrected chi connectivity index (χ1v) is 5.51. The van der Waals surface area contributed by atoms with Crippen LogP contribution in [0.4, 0.5) is 0 Å². The maximum Gasteiger partial charge on any atom is 0.249 e. The predicted octanol–water partition coefficient (Wildman–Crippen LogP) is -0.681. The van der Waals surface area contributed by atoms with Crippen molar-refractivity contribution in [1.29, 1.82) is 0 Å². The van der Waals surface area contributed by atoms with Crippen LogP contribution < -0.4 is 17.0 Å². The van der Waals surface area contributed by atoms with Gasteiger partial charge >= 0.3 is 0 Å². The van der Waals surface area contributed by atoms with Gasteiger partial charge in [0, 0.05) is 7.11 Å². The summed E-state index contributed by atoms with van der Waals surface area (Å²) in [5.41, 5.74) is 7.59. The minimum Gasteiger partial charge on any atom is -0.383 e. The van der Waals surface area contributed by atoms with Crippen molar-refractivity contribution in [1.82, 2.24) is 5.43 Å². The van der Waals surface area contributed by atoms with Crippen molar-refractivity contribution in [2.24, 2.45) is 17.5 Å². The van der Waals surface area contributed by atoms with Crippen LogP contribution in [0.1, 0.15) is 6.92 Å². The van der Waals surface area contributed by atoms with Crippen LogP contribution >= 0.6 is 11.8 Å². The number of hydrogen-bond acceptors (Lipinski definition) is 5. The number of rotatable bonds is 7. The Labute approximate surface area is 88.9 Å². The van der Waals surface area contributed by atoms with Gasteiger partial charge in [0.05, 0.1) is 6.61 Å². The average molecular weight is 221 g/mol. The zero-order valence-corrected chi connectivity index (χ0v) is 9.47. The molecule has 5 N–H and O–H groups in total. The van der Waals surface area contributed by atoms with Crippen LogP contribution in [-0.2, 0) is 9.53 Å². The van der Waals surface area contributed by atoms with E-state index in [1.807, 2.05) is 6.92 Å². The molecule has 0 fully saturated rings. The first-order chi connectivity index (χ1) is 6.65. The van der Waals surface area contributed by atoms with Gasteiger partial charge in [-0.2, -0.15) is 0 Å². The molecule has 14 heavy (non-hydrogen) atoms. The maximum absolute atomic E-state index is 11.2. The number of carbonyl (C=O) groups is 1. The van der Waals surface area contributed by atoms with Crippen LogP contribution in [0.5, 0.6) is 0 Å². The van der Waals surface area contributed by atoms with Gasteiger partial charge in [-0.1, -0.05) is 6.92 Å². The topological polar surface area (TPSA) is 90.4 Å². The second-order valence-electron chi connectivity index (χ2n) is 3.13. The summed E-state index contributed by atoms with van der Waals surface area (Å²) in [6.45, 7) is 3.03. The zero-order chi connectivity index (χ0) is 11.0. The van der Waals surface area contributed by atoms with Gasteiger partial charge in [-0.15, -0.1) is 11.8 Å². The van der Waals surface area contributed by atoms with Gasteiger partial charge < -0.3 is 10.5 Å². The van der Waals surface area contributed by atoms with E-state index in [0.717, 1.165) is 5.75 Å². The molecule has 5 nitrogen and oxygen atoms in total. The standard InChI is InChI=1S/C8H19N3O2S/c1-6(3-9)5-14-7(4-13-2)8(12)11-10/h6-7H,3-5,9-10H2,1-2H3,(H,11,12). The molecule has 0 spiro atoms. The van der Waals surface area contributed by atoms with Gasteiger partial charge in [-0.3, -0.25) is 10.2 Å². The van der Waals surface area contributed by atoms with Crippen molar-refractivity contribution in [2.45, 2.75) is 12.2 Å².